The van der Waals surface area contributed by atoms with E-state index in [1.54, 1.807) is 18.4 Å². The van der Waals surface area contributed by atoms with Gasteiger partial charge in [-0.1, -0.05) is 18.2 Å². The van der Waals surface area contributed by atoms with Gasteiger partial charge in [0.2, 0.25) is 5.89 Å². The number of hydrogen-bond acceptors (Lipinski definition) is 5. The van der Waals surface area contributed by atoms with Gasteiger partial charge in [-0.25, -0.2) is 4.98 Å². The van der Waals surface area contributed by atoms with E-state index >= 15 is 0 Å². The molecule has 0 aliphatic carbocycles. The van der Waals surface area contributed by atoms with Crippen molar-refractivity contribution in [2.75, 3.05) is 14.2 Å². The quantitative estimate of drug-likeness (QED) is 0.638. The maximum Gasteiger partial charge on any atom is 0.230 e. The molecule has 0 aliphatic rings. The first-order valence-corrected chi connectivity index (χ1v) is 8.81. The van der Waals surface area contributed by atoms with Crippen LogP contribution >= 0.6 is 11.3 Å². The van der Waals surface area contributed by atoms with Crippen molar-refractivity contribution in [2.45, 2.75) is 26.4 Å². The van der Waals surface area contributed by atoms with Gasteiger partial charge >= 0.3 is 0 Å². The normalized spacial score (nSPS) is 12.5. The van der Waals surface area contributed by atoms with Crippen LogP contribution < -0.4 is 4.74 Å². The molecule has 0 fully saturated rings. The van der Waals surface area contributed by atoms with Crippen molar-refractivity contribution in [3.05, 3.63) is 58.1 Å². The van der Waals surface area contributed by atoms with E-state index in [2.05, 4.69) is 36.4 Å². The van der Waals surface area contributed by atoms with Crippen molar-refractivity contribution >= 4 is 11.3 Å². The number of aryl methyl sites for hydroxylation is 1. The molecule has 24 heavy (non-hydrogen) atoms. The second-order valence-corrected chi connectivity index (χ2v) is 6.81. The summed E-state index contributed by atoms with van der Waals surface area (Å²) in [6.45, 7) is 4.91. The van der Waals surface area contributed by atoms with Gasteiger partial charge in [0.25, 0.3) is 0 Å². The van der Waals surface area contributed by atoms with Crippen LogP contribution in [0.25, 0.3) is 11.5 Å². The number of nitrogens with zero attached hydrogens (tertiary/aromatic N) is 2. The van der Waals surface area contributed by atoms with Crippen molar-refractivity contribution in [1.29, 1.82) is 0 Å². The fourth-order valence-electron chi connectivity index (χ4n) is 2.63. The maximum atomic E-state index is 5.90. The van der Waals surface area contributed by atoms with Crippen molar-refractivity contribution < 1.29 is 9.15 Å². The number of rotatable bonds is 6. The molecule has 126 valence electrons. The zero-order valence-electron chi connectivity index (χ0n) is 14.4. The fourth-order valence-corrected chi connectivity index (χ4v) is 3.48. The lowest BCUT2D eigenvalue weighted by molar-refractivity contribution is 0.252. The molecule has 0 saturated carbocycles. The zero-order valence-corrected chi connectivity index (χ0v) is 15.3. The number of aromatic nitrogens is 1. The van der Waals surface area contributed by atoms with E-state index in [1.807, 2.05) is 31.2 Å². The van der Waals surface area contributed by atoms with E-state index in [0.29, 0.717) is 11.9 Å². The summed E-state index contributed by atoms with van der Waals surface area (Å²) in [6, 6.07) is 12.4. The van der Waals surface area contributed by atoms with Crippen LogP contribution in [0.4, 0.5) is 0 Å². The van der Waals surface area contributed by atoms with Crippen molar-refractivity contribution in [3.63, 3.8) is 0 Å². The van der Waals surface area contributed by atoms with Gasteiger partial charge in [0.1, 0.15) is 11.5 Å². The summed E-state index contributed by atoms with van der Waals surface area (Å²) in [7, 11) is 3.77. The highest BCUT2D eigenvalue weighted by Crippen LogP contribution is 2.31. The van der Waals surface area contributed by atoms with E-state index in [4.69, 9.17) is 14.1 Å². The Hall–Kier alpha value is -2.11. The highest BCUT2D eigenvalue weighted by atomic mass is 32.1. The lowest BCUT2D eigenvalue weighted by Gasteiger charge is -2.22. The number of ether oxygens (including phenoxy) is 1. The molecule has 5 heteroatoms. The second-order valence-electron chi connectivity index (χ2n) is 5.83. The molecule has 0 bridgehead atoms. The third kappa shape index (κ3) is 3.37. The summed E-state index contributed by atoms with van der Waals surface area (Å²) in [6.07, 6.45) is 0. The molecule has 2 heterocycles. The van der Waals surface area contributed by atoms with Crippen LogP contribution in [0.15, 0.2) is 46.2 Å². The number of hydrogen-bond donors (Lipinski definition) is 0. The Bertz CT molecular complexity index is 796. The molecule has 2 aromatic heterocycles. The number of benzene rings is 1. The van der Waals surface area contributed by atoms with Gasteiger partial charge in [0, 0.05) is 17.5 Å². The third-order valence-corrected chi connectivity index (χ3v) is 5.29. The Morgan fingerprint density at radius 1 is 1.25 bits per heavy atom. The molecule has 0 aliphatic heterocycles. The number of oxazole rings is 1. The topological polar surface area (TPSA) is 38.5 Å². The van der Waals surface area contributed by atoms with Crippen LogP contribution in [0.5, 0.6) is 5.75 Å². The Kier molecular flexibility index (Phi) is 5.02. The van der Waals surface area contributed by atoms with Gasteiger partial charge in [-0.05, 0) is 44.5 Å². The molecular formula is C19H22N2O2S. The smallest absolute Gasteiger partial charge is 0.230 e. The van der Waals surface area contributed by atoms with Crippen LogP contribution in [0.3, 0.4) is 0 Å². The largest absolute Gasteiger partial charge is 0.496 e. The summed E-state index contributed by atoms with van der Waals surface area (Å²) in [5, 5.41) is 2.11. The summed E-state index contributed by atoms with van der Waals surface area (Å²) >= 11 is 1.78. The Morgan fingerprint density at radius 2 is 2.04 bits per heavy atom. The molecule has 1 unspecified atom stereocenters. The van der Waals surface area contributed by atoms with Gasteiger partial charge in [-0.3, -0.25) is 4.90 Å². The predicted molar refractivity (Wildman–Crippen MR) is 97.4 cm³/mol. The molecular weight excluding hydrogens is 320 g/mol. The summed E-state index contributed by atoms with van der Waals surface area (Å²) in [5.41, 5.74) is 1.84. The molecule has 0 amide bonds. The summed E-state index contributed by atoms with van der Waals surface area (Å²) < 4.78 is 11.3. The fraction of sp³-hybridized carbons (Fsp3) is 0.316. The molecule has 0 saturated heterocycles. The first kappa shape index (κ1) is 16.7. The number of thiophene rings is 1. The van der Waals surface area contributed by atoms with Crippen LogP contribution in [0, 0.1) is 6.92 Å². The van der Waals surface area contributed by atoms with E-state index < -0.39 is 0 Å². The summed E-state index contributed by atoms with van der Waals surface area (Å²) in [5.74, 6) is 2.23. The first-order valence-electron chi connectivity index (χ1n) is 7.93. The average molecular weight is 342 g/mol. The predicted octanol–water partition coefficient (Wildman–Crippen LogP) is 4.91. The average Bonchev–Trinajstić information content (AvgIpc) is 3.24. The Morgan fingerprint density at radius 3 is 2.75 bits per heavy atom. The summed E-state index contributed by atoms with van der Waals surface area (Å²) in [4.78, 5) is 8.34. The van der Waals surface area contributed by atoms with Gasteiger partial charge in [0.05, 0.1) is 18.4 Å². The van der Waals surface area contributed by atoms with Gasteiger partial charge in [0.15, 0.2) is 0 Å². The lowest BCUT2D eigenvalue weighted by Crippen LogP contribution is -2.21. The molecule has 1 aromatic carbocycles. The molecule has 1 atom stereocenters. The van der Waals surface area contributed by atoms with Crippen LogP contribution in [-0.4, -0.2) is 24.0 Å². The molecule has 3 aromatic rings. The number of methoxy groups -OCH3 is 1. The highest BCUT2D eigenvalue weighted by molar-refractivity contribution is 7.10. The zero-order chi connectivity index (χ0) is 17.1. The van der Waals surface area contributed by atoms with E-state index in [9.17, 15) is 0 Å². The molecule has 3 rings (SSSR count). The maximum absolute atomic E-state index is 5.90. The number of para-hydroxylation sites is 1. The van der Waals surface area contributed by atoms with Gasteiger partial charge in [-0.15, -0.1) is 11.3 Å². The van der Waals surface area contributed by atoms with E-state index in [-0.39, 0.29) is 0 Å². The van der Waals surface area contributed by atoms with Crippen LogP contribution in [-0.2, 0) is 6.54 Å². The minimum atomic E-state index is 0.343. The Labute approximate surface area is 146 Å². The molecule has 4 nitrogen and oxygen atoms in total. The molecule has 0 N–H and O–H groups in total. The van der Waals surface area contributed by atoms with Gasteiger partial charge < -0.3 is 9.15 Å². The minimum Gasteiger partial charge on any atom is -0.496 e. The van der Waals surface area contributed by atoms with Crippen LogP contribution in [0.1, 0.15) is 29.3 Å². The van der Waals surface area contributed by atoms with Crippen molar-refractivity contribution in [2.24, 2.45) is 0 Å². The second kappa shape index (κ2) is 7.20. The minimum absolute atomic E-state index is 0.343. The standard InChI is InChI=1S/C19H22N2O2S/c1-13(18-10-7-11-24-18)21(3)12-16-14(2)23-19(20-16)15-8-5-6-9-17(15)22-4/h5-11,13H,12H2,1-4H3. The highest BCUT2D eigenvalue weighted by Gasteiger charge is 2.19. The lowest BCUT2D eigenvalue weighted by atomic mass is 10.2. The molecule has 0 radical (unpaired) electrons. The SMILES string of the molecule is COc1ccccc1-c1nc(CN(C)C(C)c2cccs2)c(C)o1. The van der Waals surface area contributed by atoms with Crippen molar-refractivity contribution in [3.8, 4) is 17.2 Å². The van der Waals surface area contributed by atoms with Crippen LogP contribution in [0.2, 0.25) is 0 Å². The third-order valence-electron chi connectivity index (χ3n) is 4.25. The van der Waals surface area contributed by atoms with E-state index in [1.165, 1.54) is 4.88 Å². The molecule has 0 spiro atoms. The Balaban J connectivity index is 1.82. The monoisotopic (exact) mass is 342 g/mol. The van der Waals surface area contributed by atoms with Crippen molar-refractivity contribution in [1.82, 2.24) is 9.88 Å². The first-order chi connectivity index (χ1) is 11.6. The van der Waals surface area contributed by atoms with Gasteiger partial charge in [-0.2, -0.15) is 0 Å². The van der Waals surface area contributed by atoms with E-state index in [0.717, 1.165) is 29.3 Å².